The Morgan fingerprint density at radius 2 is 2.10 bits per heavy atom. The molecule has 2 atom stereocenters. The normalized spacial score (nSPS) is 23.6. The standard InChI is InChI=1S/C17H25ClFN/c1-2-10-20-15-8-4-3-6-13(12-15)11-14-7-5-9-16(18)17(14)19/h5,7,9,13,15,20H,2-4,6,8,10-12H2,1H3. The quantitative estimate of drug-likeness (QED) is 0.757. The fourth-order valence-electron chi connectivity index (χ4n) is 3.20. The van der Waals surface area contributed by atoms with Crippen LogP contribution in [0.25, 0.3) is 0 Å². The fourth-order valence-corrected chi connectivity index (χ4v) is 3.39. The summed E-state index contributed by atoms with van der Waals surface area (Å²) < 4.78 is 14.0. The Hall–Kier alpha value is -0.600. The van der Waals surface area contributed by atoms with Gasteiger partial charge in [-0.15, -0.1) is 0 Å². The molecule has 1 fully saturated rings. The third-order valence-electron chi connectivity index (χ3n) is 4.26. The molecule has 20 heavy (non-hydrogen) atoms. The summed E-state index contributed by atoms with van der Waals surface area (Å²) in [6, 6.07) is 5.95. The zero-order valence-electron chi connectivity index (χ0n) is 12.3. The van der Waals surface area contributed by atoms with E-state index in [2.05, 4.69) is 12.2 Å². The molecule has 0 spiro atoms. The first-order chi connectivity index (χ1) is 9.70. The first-order valence-corrected chi connectivity index (χ1v) is 8.24. The van der Waals surface area contributed by atoms with Crippen molar-refractivity contribution in [2.75, 3.05) is 6.54 Å². The van der Waals surface area contributed by atoms with Crippen molar-refractivity contribution in [1.82, 2.24) is 5.32 Å². The van der Waals surface area contributed by atoms with Crippen LogP contribution in [0.15, 0.2) is 18.2 Å². The Bertz CT molecular complexity index is 421. The van der Waals surface area contributed by atoms with Crippen molar-refractivity contribution in [1.29, 1.82) is 0 Å². The Kier molecular flexibility index (Phi) is 6.31. The van der Waals surface area contributed by atoms with Gasteiger partial charge in [-0.3, -0.25) is 0 Å². The van der Waals surface area contributed by atoms with Crippen LogP contribution in [0.2, 0.25) is 5.02 Å². The van der Waals surface area contributed by atoms with Crippen LogP contribution in [0.3, 0.4) is 0 Å². The van der Waals surface area contributed by atoms with Crippen LogP contribution in [-0.4, -0.2) is 12.6 Å². The first-order valence-electron chi connectivity index (χ1n) is 7.87. The Balaban J connectivity index is 1.98. The lowest BCUT2D eigenvalue weighted by molar-refractivity contribution is 0.381. The molecule has 1 aliphatic rings. The maximum atomic E-state index is 14.0. The summed E-state index contributed by atoms with van der Waals surface area (Å²) in [4.78, 5) is 0. The van der Waals surface area contributed by atoms with Crippen LogP contribution in [0.1, 0.15) is 51.0 Å². The van der Waals surface area contributed by atoms with Crippen LogP contribution < -0.4 is 5.32 Å². The van der Waals surface area contributed by atoms with E-state index in [9.17, 15) is 4.39 Å². The van der Waals surface area contributed by atoms with Gasteiger partial charge in [0.2, 0.25) is 0 Å². The lowest BCUT2D eigenvalue weighted by Crippen LogP contribution is -2.31. The molecule has 1 aromatic carbocycles. The summed E-state index contributed by atoms with van der Waals surface area (Å²) in [6.45, 7) is 3.28. The number of hydrogen-bond acceptors (Lipinski definition) is 1. The van der Waals surface area contributed by atoms with Crippen molar-refractivity contribution in [3.8, 4) is 0 Å². The Labute approximate surface area is 126 Å². The molecule has 112 valence electrons. The van der Waals surface area contributed by atoms with Gasteiger partial charge in [0, 0.05) is 6.04 Å². The Morgan fingerprint density at radius 3 is 2.90 bits per heavy atom. The zero-order valence-corrected chi connectivity index (χ0v) is 13.1. The van der Waals surface area contributed by atoms with Crippen molar-refractivity contribution in [3.63, 3.8) is 0 Å². The van der Waals surface area contributed by atoms with E-state index in [1.54, 1.807) is 6.07 Å². The molecule has 1 nitrogen and oxygen atoms in total. The van der Waals surface area contributed by atoms with Crippen molar-refractivity contribution in [3.05, 3.63) is 34.6 Å². The Morgan fingerprint density at radius 1 is 1.30 bits per heavy atom. The molecule has 1 aromatic rings. The minimum Gasteiger partial charge on any atom is -0.314 e. The predicted molar refractivity (Wildman–Crippen MR) is 83.8 cm³/mol. The van der Waals surface area contributed by atoms with Gasteiger partial charge in [0.15, 0.2) is 0 Å². The monoisotopic (exact) mass is 297 g/mol. The first kappa shape index (κ1) is 15.8. The van der Waals surface area contributed by atoms with E-state index in [-0.39, 0.29) is 10.8 Å². The predicted octanol–water partition coefficient (Wildman–Crippen LogP) is 4.97. The summed E-state index contributed by atoms with van der Waals surface area (Å²) in [5.74, 6) is 0.344. The molecule has 1 saturated carbocycles. The van der Waals surface area contributed by atoms with Crippen molar-refractivity contribution in [2.45, 2.75) is 57.9 Å². The van der Waals surface area contributed by atoms with Gasteiger partial charge >= 0.3 is 0 Å². The van der Waals surface area contributed by atoms with Crippen LogP contribution in [0.4, 0.5) is 4.39 Å². The van der Waals surface area contributed by atoms with Crippen LogP contribution in [-0.2, 0) is 6.42 Å². The van der Waals surface area contributed by atoms with Gasteiger partial charge in [-0.05, 0) is 49.8 Å². The molecule has 0 heterocycles. The number of benzene rings is 1. The van der Waals surface area contributed by atoms with E-state index in [0.29, 0.717) is 12.0 Å². The summed E-state index contributed by atoms with van der Waals surface area (Å²) >= 11 is 5.87. The molecule has 1 aliphatic carbocycles. The zero-order chi connectivity index (χ0) is 14.4. The summed E-state index contributed by atoms with van der Waals surface area (Å²) in [7, 11) is 0. The largest absolute Gasteiger partial charge is 0.314 e. The average Bonchev–Trinajstić information content (AvgIpc) is 2.67. The molecule has 2 unspecified atom stereocenters. The molecule has 0 radical (unpaired) electrons. The molecule has 3 heteroatoms. The van der Waals surface area contributed by atoms with E-state index in [4.69, 9.17) is 11.6 Å². The molecular formula is C17H25ClFN. The minimum atomic E-state index is -0.225. The van der Waals surface area contributed by atoms with E-state index < -0.39 is 0 Å². The number of rotatable bonds is 5. The lowest BCUT2D eigenvalue weighted by atomic mass is 9.91. The molecular weight excluding hydrogens is 273 g/mol. The molecule has 0 aromatic heterocycles. The van der Waals surface area contributed by atoms with Gasteiger partial charge in [0.25, 0.3) is 0 Å². The van der Waals surface area contributed by atoms with Crippen molar-refractivity contribution in [2.24, 2.45) is 5.92 Å². The number of halogens is 2. The van der Waals surface area contributed by atoms with Crippen LogP contribution in [0, 0.1) is 11.7 Å². The summed E-state index contributed by atoms with van der Waals surface area (Å²) in [5, 5.41) is 3.88. The summed E-state index contributed by atoms with van der Waals surface area (Å²) in [6.07, 6.45) is 8.16. The average molecular weight is 298 g/mol. The van der Waals surface area contributed by atoms with Gasteiger partial charge in [0.1, 0.15) is 5.82 Å². The van der Waals surface area contributed by atoms with Gasteiger partial charge in [-0.1, -0.05) is 49.9 Å². The van der Waals surface area contributed by atoms with Gasteiger partial charge in [-0.25, -0.2) is 4.39 Å². The van der Waals surface area contributed by atoms with Crippen LogP contribution in [0.5, 0.6) is 0 Å². The van der Waals surface area contributed by atoms with Crippen LogP contribution >= 0.6 is 11.6 Å². The topological polar surface area (TPSA) is 12.0 Å². The maximum Gasteiger partial charge on any atom is 0.144 e. The third kappa shape index (κ3) is 4.46. The highest BCUT2D eigenvalue weighted by Crippen LogP contribution is 2.28. The number of nitrogens with one attached hydrogen (secondary N) is 1. The van der Waals surface area contributed by atoms with Gasteiger partial charge < -0.3 is 5.32 Å². The second-order valence-electron chi connectivity index (χ2n) is 5.95. The summed E-state index contributed by atoms with van der Waals surface area (Å²) in [5.41, 5.74) is 0.777. The molecule has 0 amide bonds. The lowest BCUT2D eigenvalue weighted by Gasteiger charge is -2.21. The molecule has 0 aliphatic heterocycles. The number of hydrogen-bond donors (Lipinski definition) is 1. The van der Waals surface area contributed by atoms with E-state index in [1.807, 2.05) is 12.1 Å². The highest BCUT2D eigenvalue weighted by atomic mass is 35.5. The van der Waals surface area contributed by atoms with Gasteiger partial charge in [0.05, 0.1) is 5.02 Å². The van der Waals surface area contributed by atoms with Crippen molar-refractivity contribution >= 4 is 11.6 Å². The van der Waals surface area contributed by atoms with E-state index in [0.717, 1.165) is 24.9 Å². The minimum absolute atomic E-state index is 0.225. The SMILES string of the molecule is CCCNC1CCCCC(Cc2cccc(Cl)c2F)C1. The highest BCUT2D eigenvalue weighted by Gasteiger charge is 2.21. The van der Waals surface area contributed by atoms with Crippen molar-refractivity contribution < 1.29 is 4.39 Å². The molecule has 0 bridgehead atoms. The third-order valence-corrected chi connectivity index (χ3v) is 4.55. The van der Waals surface area contributed by atoms with E-state index >= 15 is 0 Å². The molecule has 0 saturated heterocycles. The van der Waals surface area contributed by atoms with E-state index in [1.165, 1.54) is 32.1 Å². The second kappa shape index (κ2) is 7.99. The van der Waals surface area contributed by atoms with Gasteiger partial charge in [-0.2, -0.15) is 0 Å². The second-order valence-corrected chi connectivity index (χ2v) is 6.36. The molecule has 1 N–H and O–H groups in total. The maximum absolute atomic E-state index is 14.0. The fraction of sp³-hybridized carbons (Fsp3) is 0.647. The highest BCUT2D eigenvalue weighted by molar-refractivity contribution is 6.30. The molecule has 2 rings (SSSR count). The smallest absolute Gasteiger partial charge is 0.144 e.